The Morgan fingerprint density at radius 2 is 1.96 bits per heavy atom. The van der Waals surface area contributed by atoms with Gasteiger partial charge in [0.2, 0.25) is 5.03 Å². The Balaban J connectivity index is 1.78. The number of benzene rings is 1. The topological polar surface area (TPSA) is 94.7 Å². The van der Waals surface area contributed by atoms with E-state index in [0.29, 0.717) is 6.54 Å². The number of nitrogens with zero attached hydrogens (tertiary/aromatic N) is 5. The highest BCUT2D eigenvalue weighted by Gasteiger charge is 2.22. The maximum absolute atomic E-state index is 12.4. The van der Waals surface area contributed by atoms with Crippen LogP contribution < -0.4 is 4.72 Å². The van der Waals surface area contributed by atoms with Gasteiger partial charge in [0.1, 0.15) is 17.8 Å². The second-order valence-electron chi connectivity index (χ2n) is 5.14. The fraction of sp³-hybridized carbons (Fsp3) is 0.214. The number of aryl methyl sites for hydroxylation is 1. The Kier molecular flexibility index (Phi) is 4.65. The summed E-state index contributed by atoms with van der Waals surface area (Å²) < 4.78 is 30.4. The quantitative estimate of drug-likeness (QED) is 0.707. The molecule has 10 heteroatoms. The lowest BCUT2D eigenvalue weighted by molar-refractivity contribution is 0.577. The van der Waals surface area contributed by atoms with E-state index >= 15 is 0 Å². The summed E-state index contributed by atoms with van der Waals surface area (Å²) in [4.78, 5) is 7.74. The first-order valence-electron chi connectivity index (χ1n) is 7.03. The lowest BCUT2D eigenvalue weighted by Gasteiger charge is -2.10. The van der Waals surface area contributed by atoms with Crippen molar-refractivity contribution in [3.8, 4) is 0 Å². The van der Waals surface area contributed by atoms with Gasteiger partial charge in [0.15, 0.2) is 0 Å². The smallest absolute Gasteiger partial charge is 0.261 e. The zero-order valence-corrected chi connectivity index (χ0v) is 14.4. The van der Waals surface area contributed by atoms with Crippen LogP contribution in [0.2, 0.25) is 5.15 Å². The molecule has 0 aliphatic rings. The minimum Gasteiger partial charge on any atom is -0.324 e. The minimum atomic E-state index is -3.80. The molecular weight excluding hydrogens is 352 g/mol. The number of nitrogens with one attached hydrogen (secondary N) is 1. The van der Waals surface area contributed by atoms with E-state index < -0.39 is 10.0 Å². The SMILES string of the molecule is Cn1cnc(S(=O)(=O)NCc2ccccc2Cn2cncn2)c1Cl. The second kappa shape index (κ2) is 6.71. The summed E-state index contributed by atoms with van der Waals surface area (Å²) in [5.41, 5.74) is 1.78. The molecule has 24 heavy (non-hydrogen) atoms. The Hall–Kier alpha value is -2.23. The van der Waals surface area contributed by atoms with Crippen LogP contribution in [-0.2, 0) is 30.2 Å². The minimum absolute atomic E-state index is 0.0680. The molecule has 2 heterocycles. The Morgan fingerprint density at radius 3 is 2.58 bits per heavy atom. The number of aromatic nitrogens is 5. The van der Waals surface area contributed by atoms with E-state index in [2.05, 4.69) is 19.8 Å². The Labute approximate surface area is 144 Å². The van der Waals surface area contributed by atoms with Crippen molar-refractivity contribution in [2.45, 2.75) is 18.1 Å². The van der Waals surface area contributed by atoms with Gasteiger partial charge in [-0.3, -0.25) is 0 Å². The fourth-order valence-corrected chi connectivity index (χ4v) is 3.62. The van der Waals surface area contributed by atoms with Crippen molar-refractivity contribution in [1.82, 2.24) is 29.0 Å². The number of imidazole rings is 1. The van der Waals surface area contributed by atoms with Gasteiger partial charge in [0.05, 0.1) is 12.9 Å². The summed E-state index contributed by atoms with van der Waals surface area (Å²) in [5, 5.41) is 3.95. The molecule has 126 valence electrons. The van der Waals surface area contributed by atoms with E-state index in [1.165, 1.54) is 17.2 Å². The molecule has 3 rings (SSSR count). The first kappa shape index (κ1) is 16.6. The molecule has 0 fully saturated rings. The van der Waals surface area contributed by atoms with Gasteiger partial charge in [0.25, 0.3) is 10.0 Å². The van der Waals surface area contributed by atoms with E-state index in [0.717, 1.165) is 11.1 Å². The maximum Gasteiger partial charge on any atom is 0.261 e. The summed E-state index contributed by atoms with van der Waals surface area (Å²) in [6.07, 6.45) is 4.42. The number of rotatable bonds is 6. The van der Waals surface area contributed by atoms with E-state index in [9.17, 15) is 8.42 Å². The predicted octanol–water partition coefficient (Wildman–Crippen LogP) is 1.19. The third-order valence-electron chi connectivity index (χ3n) is 3.46. The molecule has 0 unspecified atom stereocenters. The molecule has 0 aliphatic carbocycles. The van der Waals surface area contributed by atoms with Gasteiger partial charge in [0, 0.05) is 13.6 Å². The van der Waals surface area contributed by atoms with E-state index in [1.54, 1.807) is 18.1 Å². The number of hydrogen-bond donors (Lipinski definition) is 1. The van der Waals surface area contributed by atoms with Crippen LogP contribution in [0.3, 0.4) is 0 Å². The molecule has 0 bridgehead atoms. The second-order valence-corrected chi connectivity index (χ2v) is 7.18. The van der Waals surface area contributed by atoms with Crippen molar-refractivity contribution in [3.63, 3.8) is 0 Å². The van der Waals surface area contributed by atoms with Crippen LogP contribution in [0.15, 0.2) is 48.3 Å². The molecule has 0 spiro atoms. The van der Waals surface area contributed by atoms with Crippen LogP contribution in [0.4, 0.5) is 0 Å². The lowest BCUT2D eigenvalue weighted by Crippen LogP contribution is -2.24. The highest BCUT2D eigenvalue weighted by molar-refractivity contribution is 7.89. The molecule has 3 aromatic rings. The first-order valence-corrected chi connectivity index (χ1v) is 8.89. The maximum atomic E-state index is 12.4. The van der Waals surface area contributed by atoms with Crippen LogP contribution in [0.25, 0.3) is 0 Å². The lowest BCUT2D eigenvalue weighted by atomic mass is 10.1. The van der Waals surface area contributed by atoms with Gasteiger partial charge in [-0.25, -0.2) is 27.8 Å². The Bertz CT molecular complexity index is 936. The molecule has 0 radical (unpaired) electrons. The highest BCUT2D eigenvalue weighted by Crippen LogP contribution is 2.19. The van der Waals surface area contributed by atoms with Crippen LogP contribution in [-0.4, -0.2) is 32.7 Å². The molecule has 8 nitrogen and oxygen atoms in total. The van der Waals surface area contributed by atoms with E-state index in [4.69, 9.17) is 11.6 Å². The van der Waals surface area contributed by atoms with Crippen LogP contribution >= 0.6 is 11.6 Å². The van der Waals surface area contributed by atoms with Crippen molar-refractivity contribution < 1.29 is 8.42 Å². The summed E-state index contributed by atoms with van der Waals surface area (Å²) in [6.45, 7) is 0.627. The number of sulfonamides is 1. The van der Waals surface area contributed by atoms with Crippen molar-refractivity contribution >= 4 is 21.6 Å². The van der Waals surface area contributed by atoms with Crippen molar-refractivity contribution in [3.05, 3.63) is 59.5 Å². The molecule has 1 N–H and O–H groups in total. The third-order valence-corrected chi connectivity index (χ3v) is 5.35. The molecule has 2 aromatic heterocycles. The van der Waals surface area contributed by atoms with Crippen molar-refractivity contribution in [1.29, 1.82) is 0 Å². The van der Waals surface area contributed by atoms with E-state index in [-0.39, 0.29) is 16.7 Å². The fourth-order valence-electron chi connectivity index (χ4n) is 2.19. The van der Waals surface area contributed by atoms with Gasteiger partial charge >= 0.3 is 0 Å². The van der Waals surface area contributed by atoms with Crippen molar-refractivity contribution in [2.75, 3.05) is 0 Å². The first-order chi connectivity index (χ1) is 11.5. The average molecular weight is 367 g/mol. The van der Waals surface area contributed by atoms with Crippen LogP contribution in [0.1, 0.15) is 11.1 Å². The summed E-state index contributed by atoms with van der Waals surface area (Å²) >= 11 is 5.96. The van der Waals surface area contributed by atoms with Gasteiger partial charge < -0.3 is 4.57 Å². The predicted molar refractivity (Wildman–Crippen MR) is 87.8 cm³/mol. The standard InChI is InChI=1S/C14H15ClN6O2S/c1-20-10-17-14(13(20)15)24(22,23)19-6-11-4-2-3-5-12(11)7-21-9-16-8-18-21/h2-5,8-10,19H,6-7H2,1H3. The summed E-state index contributed by atoms with van der Waals surface area (Å²) in [7, 11) is -2.17. The van der Waals surface area contributed by atoms with Crippen LogP contribution in [0, 0.1) is 0 Å². The number of hydrogen-bond acceptors (Lipinski definition) is 5. The Morgan fingerprint density at radius 1 is 1.21 bits per heavy atom. The van der Waals surface area contributed by atoms with E-state index in [1.807, 2.05) is 24.3 Å². The van der Waals surface area contributed by atoms with Crippen LogP contribution in [0.5, 0.6) is 0 Å². The number of halogens is 1. The zero-order chi connectivity index (χ0) is 17.2. The third kappa shape index (κ3) is 3.48. The van der Waals surface area contributed by atoms with Crippen molar-refractivity contribution in [2.24, 2.45) is 7.05 Å². The van der Waals surface area contributed by atoms with Gasteiger partial charge in [-0.05, 0) is 11.1 Å². The zero-order valence-electron chi connectivity index (χ0n) is 12.8. The molecule has 0 aliphatic heterocycles. The van der Waals surface area contributed by atoms with Gasteiger partial charge in [-0.2, -0.15) is 5.10 Å². The molecule has 0 saturated carbocycles. The normalized spacial score (nSPS) is 11.8. The molecule has 1 aromatic carbocycles. The largest absolute Gasteiger partial charge is 0.324 e. The summed E-state index contributed by atoms with van der Waals surface area (Å²) in [6, 6.07) is 7.51. The van der Waals surface area contributed by atoms with Gasteiger partial charge in [-0.15, -0.1) is 0 Å². The molecule has 0 atom stereocenters. The molecule has 0 amide bonds. The monoisotopic (exact) mass is 366 g/mol. The molecular formula is C14H15ClN6O2S. The highest BCUT2D eigenvalue weighted by atomic mass is 35.5. The average Bonchev–Trinajstić information content (AvgIpc) is 3.18. The van der Waals surface area contributed by atoms with Gasteiger partial charge in [-0.1, -0.05) is 35.9 Å². The summed E-state index contributed by atoms with van der Waals surface area (Å²) in [5.74, 6) is 0. The molecule has 0 saturated heterocycles.